The summed E-state index contributed by atoms with van der Waals surface area (Å²) in [6.07, 6.45) is -0.0400. The molecular formula is C17H24O6. The average Bonchev–Trinajstić information content (AvgIpc) is 2.46. The number of carbonyl (C=O) groups is 2. The van der Waals surface area contributed by atoms with Crippen LogP contribution in [0.25, 0.3) is 0 Å². The quantitative estimate of drug-likeness (QED) is 0.513. The highest BCUT2D eigenvalue weighted by molar-refractivity contribution is 5.75. The van der Waals surface area contributed by atoms with Gasteiger partial charge in [-0.15, -0.1) is 0 Å². The summed E-state index contributed by atoms with van der Waals surface area (Å²) in [5.74, 6) is -0.0674. The van der Waals surface area contributed by atoms with E-state index in [2.05, 4.69) is 0 Å². The second kappa shape index (κ2) is 9.84. The van der Waals surface area contributed by atoms with Crippen molar-refractivity contribution >= 4 is 11.9 Å². The highest BCUT2D eigenvalue weighted by Crippen LogP contribution is 2.27. The minimum atomic E-state index is -0.610. The highest BCUT2D eigenvalue weighted by atomic mass is 16.6. The number of rotatable bonds is 9. The average molecular weight is 324 g/mol. The first-order chi connectivity index (χ1) is 10.9. The summed E-state index contributed by atoms with van der Waals surface area (Å²) in [5.41, 5.74) is 0. The van der Waals surface area contributed by atoms with Crippen LogP contribution >= 0.6 is 0 Å². The molecule has 0 atom stereocenters. The molecule has 0 amide bonds. The second-order valence-corrected chi connectivity index (χ2v) is 5.66. The molecule has 0 fully saturated rings. The molecule has 0 bridgehead atoms. The molecule has 0 radical (unpaired) electrons. The second-order valence-electron chi connectivity index (χ2n) is 5.66. The van der Waals surface area contributed by atoms with Crippen molar-refractivity contribution < 1.29 is 28.5 Å². The van der Waals surface area contributed by atoms with E-state index in [9.17, 15) is 9.59 Å². The Morgan fingerprint density at radius 3 is 2.17 bits per heavy atom. The van der Waals surface area contributed by atoms with Crippen LogP contribution in [0.3, 0.4) is 0 Å². The van der Waals surface area contributed by atoms with Crippen LogP contribution in [0, 0.1) is 5.92 Å². The van der Waals surface area contributed by atoms with Crippen LogP contribution in [0.4, 0.5) is 0 Å². The van der Waals surface area contributed by atoms with Gasteiger partial charge in [0.25, 0.3) is 0 Å². The van der Waals surface area contributed by atoms with Gasteiger partial charge in [0, 0.05) is 0 Å². The van der Waals surface area contributed by atoms with E-state index >= 15 is 0 Å². The Balaban J connectivity index is 2.38. The predicted molar refractivity (Wildman–Crippen MR) is 84.5 cm³/mol. The molecular weight excluding hydrogens is 300 g/mol. The van der Waals surface area contributed by atoms with Crippen molar-refractivity contribution in [2.45, 2.75) is 33.8 Å². The summed E-state index contributed by atoms with van der Waals surface area (Å²) in [7, 11) is 0. The van der Waals surface area contributed by atoms with Crippen LogP contribution < -0.4 is 9.47 Å². The lowest BCUT2D eigenvalue weighted by Crippen LogP contribution is -2.21. The number of benzene rings is 1. The maximum atomic E-state index is 11.7. The van der Waals surface area contributed by atoms with E-state index in [0.717, 1.165) is 0 Å². The molecule has 0 aliphatic heterocycles. The Morgan fingerprint density at radius 2 is 1.57 bits per heavy atom. The summed E-state index contributed by atoms with van der Waals surface area (Å²) in [6, 6.07) is 6.87. The molecule has 0 unspecified atom stereocenters. The zero-order valence-electron chi connectivity index (χ0n) is 14.0. The summed E-state index contributed by atoms with van der Waals surface area (Å²) < 4.78 is 20.7. The Hall–Kier alpha value is -2.08. The van der Waals surface area contributed by atoms with Gasteiger partial charge in [-0.2, -0.15) is 0 Å². The van der Waals surface area contributed by atoms with E-state index in [1.54, 1.807) is 24.3 Å². The minimum absolute atomic E-state index is 0.0400. The van der Waals surface area contributed by atoms with Crippen LogP contribution in [0.15, 0.2) is 24.3 Å². The zero-order chi connectivity index (χ0) is 17.2. The van der Waals surface area contributed by atoms with Gasteiger partial charge >= 0.3 is 11.9 Å². The normalized spacial score (nSPS) is 10.7. The number of esters is 2. The third-order valence-corrected chi connectivity index (χ3v) is 2.45. The van der Waals surface area contributed by atoms with Crippen molar-refractivity contribution in [3.8, 4) is 11.5 Å². The third kappa shape index (κ3) is 8.21. The molecule has 0 heterocycles. The summed E-state index contributed by atoms with van der Waals surface area (Å²) in [5, 5.41) is 0. The Kier molecular flexibility index (Phi) is 8.11. The molecule has 0 saturated heterocycles. The highest BCUT2D eigenvalue weighted by Gasteiger charge is 2.12. The largest absolute Gasteiger partial charge is 0.487 e. The van der Waals surface area contributed by atoms with Crippen LogP contribution in [0.2, 0.25) is 0 Å². The lowest BCUT2D eigenvalue weighted by atomic mass is 10.2. The van der Waals surface area contributed by atoms with Gasteiger partial charge in [-0.1, -0.05) is 26.0 Å². The van der Waals surface area contributed by atoms with Gasteiger partial charge < -0.3 is 18.9 Å². The summed E-state index contributed by atoms with van der Waals surface area (Å²) in [4.78, 5) is 23.1. The molecule has 0 spiro atoms. The van der Waals surface area contributed by atoms with Crippen molar-refractivity contribution in [3.63, 3.8) is 0 Å². The molecule has 0 N–H and O–H groups in total. The van der Waals surface area contributed by atoms with Crippen molar-refractivity contribution in [2.75, 3.05) is 19.8 Å². The topological polar surface area (TPSA) is 71.1 Å². The smallest absolute Gasteiger partial charge is 0.337 e. The lowest BCUT2D eigenvalue weighted by Gasteiger charge is -2.13. The number of hydrogen-bond donors (Lipinski definition) is 0. The fourth-order valence-corrected chi connectivity index (χ4v) is 1.56. The van der Waals surface area contributed by atoms with Gasteiger partial charge in [-0.25, -0.2) is 9.59 Å². The van der Waals surface area contributed by atoms with Gasteiger partial charge in [0.15, 0.2) is 11.5 Å². The minimum Gasteiger partial charge on any atom is -0.487 e. The van der Waals surface area contributed by atoms with E-state index in [-0.39, 0.29) is 25.2 Å². The first-order valence-electron chi connectivity index (χ1n) is 7.58. The summed E-state index contributed by atoms with van der Waals surface area (Å²) in [6.45, 7) is 7.32. The van der Waals surface area contributed by atoms with E-state index < -0.39 is 11.9 Å². The third-order valence-electron chi connectivity index (χ3n) is 2.45. The van der Waals surface area contributed by atoms with Crippen LogP contribution in [-0.2, 0) is 19.1 Å². The first kappa shape index (κ1) is 19.0. The molecule has 23 heavy (non-hydrogen) atoms. The lowest BCUT2D eigenvalue weighted by molar-refractivity contribution is -0.152. The van der Waals surface area contributed by atoms with Crippen LogP contribution in [0.1, 0.15) is 27.7 Å². The van der Waals surface area contributed by atoms with Crippen molar-refractivity contribution in [1.29, 1.82) is 0 Å². The first-order valence-corrected chi connectivity index (χ1v) is 7.58. The monoisotopic (exact) mass is 324 g/mol. The van der Waals surface area contributed by atoms with Gasteiger partial charge in [0.1, 0.15) is 13.2 Å². The molecule has 0 aromatic heterocycles. The molecule has 6 heteroatoms. The molecule has 0 saturated carbocycles. The number of hydrogen-bond acceptors (Lipinski definition) is 6. The molecule has 0 aliphatic rings. The standard InChI is InChI=1S/C17H24O6/c1-12(2)9-21-16(18)10-20-11-17(19)23-15-8-6-5-7-14(15)22-13(3)4/h5-8,12-13H,9-11H2,1-4H3. The van der Waals surface area contributed by atoms with Crippen LogP contribution in [0.5, 0.6) is 11.5 Å². The van der Waals surface area contributed by atoms with Gasteiger partial charge in [-0.05, 0) is 31.9 Å². The fourth-order valence-electron chi connectivity index (χ4n) is 1.56. The molecule has 1 aromatic rings. The maximum absolute atomic E-state index is 11.7. The van der Waals surface area contributed by atoms with Gasteiger partial charge in [-0.3, -0.25) is 0 Å². The fraction of sp³-hybridized carbons (Fsp3) is 0.529. The molecule has 128 valence electrons. The van der Waals surface area contributed by atoms with Crippen LogP contribution in [-0.4, -0.2) is 37.9 Å². The molecule has 1 aromatic carbocycles. The molecule has 6 nitrogen and oxygen atoms in total. The van der Waals surface area contributed by atoms with Gasteiger partial charge in [0.2, 0.25) is 0 Å². The van der Waals surface area contributed by atoms with Gasteiger partial charge in [0.05, 0.1) is 12.7 Å². The number of para-hydroxylation sites is 2. The Morgan fingerprint density at radius 1 is 0.957 bits per heavy atom. The van der Waals surface area contributed by atoms with Crippen molar-refractivity contribution in [2.24, 2.45) is 5.92 Å². The molecule has 0 aliphatic carbocycles. The van der Waals surface area contributed by atoms with E-state index in [0.29, 0.717) is 18.1 Å². The maximum Gasteiger partial charge on any atom is 0.337 e. The zero-order valence-corrected chi connectivity index (χ0v) is 14.0. The van der Waals surface area contributed by atoms with Crippen molar-refractivity contribution in [1.82, 2.24) is 0 Å². The van der Waals surface area contributed by atoms with E-state index in [1.165, 1.54) is 0 Å². The van der Waals surface area contributed by atoms with E-state index in [1.807, 2.05) is 27.7 Å². The SMILES string of the molecule is CC(C)COC(=O)COCC(=O)Oc1ccccc1OC(C)C. The number of ether oxygens (including phenoxy) is 4. The predicted octanol–water partition coefficient (Wildman–Crippen LogP) is 2.60. The van der Waals surface area contributed by atoms with E-state index in [4.69, 9.17) is 18.9 Å². The Bertz CT molecular complexity index is 510. The van der Waals surface area contributed by atoms with Crippen molar-refractivity contribution in [3.05, 3.63) is 24.3 Å². The number of carbonyl (C=O) groups excluding carboxylic acids is 2. The Labute approximate surface area is 136 Å². The molecule has 1 rings (SSSR count). The summed E-state index contributed by atoms with van der Waals surface area (Å²) >= 11 is 0.